The Kier molecular flexibility index (Phi) is 6.69. The zero-order valence-electron chi connectivity index (χ0n) is 13.0. The molecule has 2 unspecified atom stereocenters. The average Bonchev–Trinajstić information content (AvgIpc) is 2.44. The molecule has 0 fully saturated rings. The monoisotopic (exact) mass is 310 g/mol. The van der Waals surface area contributed by atoms with E-state index in [4.69, 9.17) is 5.73 Å². The lowest BCUT2D eigenvalue weighted by Gasteiger charge is -2.28. The fraction of sp³-hybridized carbons (Fsp3) is 0.588. The van der Waals surface area contributed by atoms with Crippen molar-refractivity contribution in [2.45, 2.75) is 57.4 Å². The van der Waals surface area contributed by atoms with E-state index in [0.717, 1.165) is 25.7 Å². The molecule has 1 aliphatic rings. The highest BCUT2D eigenvalue weighted by Crippen LogP contribution is 2.30. The first-order valence-electron chi connectivity index (χ1n) is 7.69. The molecule has 1 amide bonds. The number of carbonyl (C=O) groups excluding carboxylic acids is 1. The fourth-order valence-corrected chi connectivity index (χ4v) is 3.12. The smallest absolute Gasteiger partial charge is 0.239 e. The zero-order chi connectivity index (χ0) is 14.6. The molecule has 21 heavy (non-hydrogen) atoms. The van der Waals surface area contributed by atoms with Crippen LogP contribution in [-0.4, -0.2) is 18.0 Å². The summed E-state index contributed by atoms with van der Waals surface area (Å²) >= 11 is 0. The first-order valence-corrected chi connectivity index (χ1v) is 7.69. The van der Waals surface area contributed by atoms with Crippen molar-refractivity contribution in [3.05, 3.63) is 35.4 Å². The molecule has 118 valence electrons. The molecular weight excluding hydrogens is 284 g/mol. The van der Waals surface area contributed by atoms with Crippen molar-refractivity contribution in [3.8, 4) is 0 Å². The number of carbonyl (C=O) groups is 1. The second-order valence-corrected chi connectivity index (χ2v) is 6.17. The lowest BCUT2D eigenvalue weighted by molar-refractivity contribution is -0.126. The summed E-state index contributed by atoms with van der Waals surface area (Å²) in [5, 5.41) is 3.05. The van der Waals surface area contributed by atoms with Gasteiger partial charge in [-0.3, -0.25) is 4.79 Å². The number of hydrogen-bond donors (Lipinski definition) is 2. The summed E-state index contributed by atoms with van der Waals surface area (Å²) in [6.45, 7) is 4.57. The third-order valence-electron chi connectivity index (χ3n) is 4.29. The molecule has 3 nitrogen and oxygen atoms in total. The van der Waals surface area contributed by atoms with Crippen LogP contribution in [0.1, 0.15) is 56.6 Å². The molecule has 1 aliphatic carbocycles. The number of nitrogens with two attached hydrogens (primary N) is 1. The minimum atomic E-state index is -0.747. The largest absolute Gasteiger partial charge is 0.354 e. The van der Waals surface area contributed by atoms with Crippen molar-refractivity contribution < 1.29 is 4.79 Å². The van der Waals surface area contributed by atoms with Gasteiger partial charge < -0.3 is 11.1 Å². The van der Waals surface area contributed by atoms with E-state index in [1.807, 2.05) is 6.92 Å². The number of benzene rings is 1. The Balaban J connectivity index is 0.00000220. The fourth-order valence-electron chi connectivity index (χ4n) is 3.12. The Labute approximate surface area is 134 Å². The molecule has 0 bridgehead atoms. The average molecular weight is 311 g/mol. The Morgan fingerprint density at radius 3 is 2.86 bits per heavy atom. The van der Waals surface area contributed by atoms with E-state index in [1.54, 1.807) is 0 Å². The molecule has 1 aromatic carbocycles. The van der Waals surface area contributed by atoms with E-state index in [1.165, 1.54) is 17.5 Å². The van der Waals surface area contributed by atoms with Crippen LogP contribution in [0.2, 0.25) is 0 Å². The summed E-state index contributed by atoms with van der Waals surface area (Å²) in [4.78, 5) is 12.2. The Morgan fingerprint density at radius 2 is 2.14 bits per heavy atom. The van der Waals surface area contributed by atoms with Crippen LogP contribution in [0.4, 0.5) is 0 Å². The quantitative estimate of drug-likeness (QED) is 0.877. The lowest BCUT2D eigenvalue weighted by atomic mass is 9.82. The predicted molar refractivity (Wildman–Crippen MR) is 89.9 cm³/mol. The van der Waals surface area contributed by atoms with Gasteiger partial charge in [0.25, 0.3) is 0 Å². The number of halogens is 1. The molecule has 2 atom stereocenters. The molecule has 3 N–H and O–H groups in total. The molecule has 0 aliphatic heterocycles. The van der Waals surface area contributed by atoms with E-state index in [0.29, 0.717) is 12.5 Å². The van der Waals surface area contributed by atoms with Crippen molar-refractivity contribution in [1.29, 1.82) is 0 Å². The van der Waals surface area contributed by atoms with Gasteiger partial charge in [-0.05, 0) is 43.7 Å². The number of rotatable bonds is 5. The van der Waals surface area contributed by atoms with Gasteiger partial charge in [0.1, 0.15) is 0 Å². The van der Waals surface area contributed by atoms with Crippen LogP contribution >= 0.6 is 12.4 Å². The second-order valence-electron chi connectivity index (χ2n) is 6.17. The summed E-state index contributed by atoms with van der Waals surface area (Å²) in [7, 11) is 0. The summed E-state index contributed by atoms with van der Waals surface area (Å²) in [5.74, 6) is 0.406. The molecular formula is C17H27ClN2O. The number of hydrogen-bond acceptors (Lipinski definition) is 2. The minimum Gasteiger partial charge on any atom is -0.354 e. The summed E-state index contributed by atoms with van der Waals surface area (Å²) in [6.07, 6.45) is 5.15. The van der Waals surface area contributed by atoms with Crippen molar-refractivity contribution in [2.24, 2.45) is 5.73 Å². The van der Waals surface area contributed by atoms with Gasteiger partial charge in [-0.15, -0.1) is 12.4 Å². The van der Waals surface area contributed by atoms with Crippen LogP contribution in [0.3, 0.4) is 0 Å². The molecule has 2 rings (SSSR count). The van der Waals surface area contributed by atoms with E-state index in [2.05, 4.69) is 36.5 Å². The van der Waals surface area contributed by atoms with Crippen LogP contribution < -0.4 is 11.1 Å². The zero-order valence-corrected chi connectivity index (χ0v) is 13.8. The van der Waals surface area contributed by atoms with Crippen LogP contribution in [0.5, 0.6) is 0 Å². The first kappa shape index (κ1) is 18.0. The maximum atomic E-state index is 12.2. The number of aryl methyl sites for hydroxylation is 1. The van der Waals surface area contributed by atoms with Gasteiger partial charge in [-0.1, -0.05) is 37.6 Å². The molecule has 0 radical (unpaired) electrons. The van der Waals surface area contributed by atoms with Gasteiger partial charge in [-0.2, -0.15) is 0 Å². The highest BCUT2D eigenvalue weighted by Gasteiger charge is 2.28. The molecule has 0 spiro atoms. The Bertz CT molecular complexity index is 474. The topological polar surface area (TPSA) is 55.1 Å². The van der Waals surface area contributed by atoms with Crippen LogP contribution in [0, 0.1) is 0 Å². The third-order valence-corrected chi connectivity index (χ3v) is 4.29. The number of nitrogens with one attached hydrogen (secondary N) is 1. The number of fused-ring (bicyclic) bond motifs is 1. The van der Waals surface area contributed by atoms with Crippen molar-refractivity contribution in [3.63, 3.8) is 0 Å². The molecule has 0 heterocycles. The minimum absolute atomic E-state index is 0. The van der Waals surface area contributed by atoms with Crippen LogP contribution in [0.25, 0.3) is 0 Å². The first-order chi connectivity index (χ1) is 9.54. The molecule has 0 saturated heterocycles. The SMILES string of the molecule is CCCC(C)(N)C(=O)NCC1CCCc2ccccc21.Cl. The van der Waals surface area contributed by atoms with Gasteiger partial charge in [0.05, 0.1) is 5.54 Å². The molecule has 0 aromatic heterocycles. The standard InChI is InChI=1S/C17H26N2O.ClH/c1-3-11-17(2,18)16(20)19-12-14-9-6-8-13-7-4-5-10-15(13)14;/h4-5,7,10,14H,3,6,8-9,11-12,18H2,1-2H3,(H,19,20);1H. The molecule has 1 aromatic rings. The maximum absolute atomic E-state index is 12.2. The summed E-state index contributed by atoms with van der Waals surface area (Å²) < 4.78 is 0. The molecule has 0 saturated carbocycles. The van der Waals surface area contributed by atoms with Crippen LogP contribution in [0.15, 0.2) is 24.3 Å². The number of amides is 1. The van der Waals surface area contributed by atoms with E-state index < -0.39 is 5.54 Å². The van der Waals surface area contributed by atoms with Crippen molar-refractivity contribution in [1.82, 2.24) is 5.32 Å². The Hall–Kier alpha value is -1.06. The maximum Gasteiger partial charge on any atom is 0.239 e. The predicted octanol–water partition coefficient (Wildman–Crippen LogP) is 3.16. The normalized spacial score (nSPS) is 19.9. The van der Waals surface area contributed by atoms with E-state index in [-0.39, 0.29) is 18.3 Å². The highest BCUT2D eigenvalue weighted by molar-refractivity contribution is 5.85. The Morgan fingerprint density at radius 1 is 1.43 bits per heavy atom. The lowest BCUT2D eigenvalue weighted by Crippen LogP contribution is -2.52. The third kappa shape index (κ3) is 4.45. The van der Waals surface area contributed by atoms with Crippen molar-refractivity contribution >= 4 is 18.3 Å². The molecule has 4 heteroatoms. The van der Waals surface area contributed by atoms with Gasteiger partial charge in [-0.25, -0.2) is 0 Å². The van der Waals surface area contributed by atoms with Crippen molar-refractivity contribution in [2.75, 3.05) is 6.54 Å². The van der Waals surface area contributed by atoms with Gasteiger partial charge in [0.15, 0.2) is 0 Å². The second kappa shape index (κ2) is 7.81. The summed E-state index contributed by atoms with van der Waals surface area (Å²) in [5.41, 5.74) is 8.15. The van der Waals surface area contributed by atoms with Gasteiger partial charge >= 0.3 is 0 Å². The highest BCUT2D eigenvalue weighted by atomic mass is 35.5. The van der Waals surface area contributed by atoms with E-state index >= 15 is 0 Å². The van der Waals surface area contributed by atoms with Gasteiger partial charge in [0, 0.05) is 12.5 Å². The van der Waals surface area contributed by atoms with Crippen LogP contribution in [-0.2, 0) is 11.2 Å². The summed E-state index contributed by atoms with van der Waals surface area (Å²) in [6, 6.07) is 8.58. The van der Waals surface area contributed by atoms with E-state index in [9.17, 15) is 4.79 Å². The van der Waals surface area contributed by atoms with Gasteiger partial charge in [0.2, 0.25) is 5.91 Å².